The van der Waals surface area contributed by atoms with E-state index in [1.165, 1.54) is 22.8 Å². The minimum Gasteiger partial charge on any atom is -0.368 e. The van der Waals surface area contributed by atoms with Gasteiger partial charge in [0.25, 0.3) is 15.2 Å². The van der Waals surface area contributed by atoms with E-state index in [1.54, 1.807) is 12.3 Å². The van der Waals surface area contributed by atoms with Crippen LogP contribution in [0.3, 0.4) is 0 Å². The van der Waals surface area contributed by atoms with Crippen molar-refractivity contribution in [2.45, 2.75) is 17.6 Å². The number of nitrogens with zero attached hydrogens (tertiary/aromatic N) is 6. The molecule has 11 heteroatoms. The number of rotatable bonds is 4. The molecule has 4 heterocycles. The quantitative estimate of drug-likeness (QED) is 0.660. The largest absolute Gasteiger partial charge is 0.368 e. The molecule has 1 N–H and O–H groups in total. The summed E-state index contributed by atoms with van der Waals surface area (Å²) in [4.78, 5) is 12.7. The van der Waals surface area contributed by atoms with Gasteiger partial charge in [0.05, 0.1) is 5.52 Å². The minimum atomic E-state index is -3.62. The second-order valence-corrected chi connectivity index (χ2v) is 9.46. The highest BCUT2D eigenvalue weighted by atomic mass is 32.2. The van der Waals surface area contributed by atoms with E-state index in [2.05, 4.69) is 30.0 Å². The van der Waals surface area contributed by atoms with Crippen LogP contribution in [0.15, 0.2) is 41.9 Å². The molecule has 2 aromatic heterocycles. The van der Waals surface area contributed by atoms with Crippen LogP contribution in [-0.2, 0) is 10.0 Å². The lowest BCUT2D eigenvalue weighted by molar-refractivity contribution is 0.192. The van der Waals surface area contributed by atoms with Crippen LogP contribution in [0.25, 0.3) is 10.9 Å². The molecule has 158 valence electrons. The highest BCUT2D eigenvalue weighted by Crippen LogP contribution is 2.28. The standard InChI is InChI=1S/C19H22FN7O2S/c20-14-1-2-16-17(11-14)21-5-3-18(16)26-9-7-25(8-10-26)15-4-6-27(12-15)30(28,29)19-22-13-23-24-19/h1-3,5,11,13,15H,4,6-10,12H2,(H,22,23,24). The molecule has 0 radical (unpaired) electrons. The fourth-order valence-corrected chi connectivity index (χ4v) is 5.68. The summed E-state index contributed by atoms with van der Waals surface area (Å²) in [5.41, 5.74) is 1.71. The third-order valence-corrected chi connectivity index (χ3v) is 7.65. The van der Waals surface area contributed by atoms with Crippen LogP contribution in [0, 0.1) is 5.82 Å². The summed E-state index contributed by atoms with van der Waals surface area (Å²) in [6.07, 6.45) is 3.72. The summed E-state index contributed by atoms with van der Waals surface area (Å²) in [6.45, 7) is 4.26. The molecule has 2 saturated heterocycles. The van der Waals surface area contributed by atoms with Crippen molar-refractivity contribution >= 4 is 26.6 Å². The summed E-state index contributed by atoms with van der Waals surface area (Å²) in [5.74, 6) is -0.289. The van der Waals surface area contributed by atoms with Crippen LogP contribution in [0.1, 0.15) is 6.42 Å². The molecule has 0 bridgehead atoms. The van der Waals surface area contributed by atoms with E-state index in [0.717, 1.165) is 43.7 Å². The third kappa shape index (κ3) is 3.42. The first-order valence-electron chi connectivity index (χ1n) is 9.91. The van der Waals surface area contributed by atoms with Gasteiger partial charge < -0.3 is 4.90 Å². The zero-order chi connectivity index (χ0) is 20.7. The van der Waals surface area contributed by atoms with E-state index in [4.69, 9.17) is 0 Å². The molecule has 0 amide bonds. The summed E-state index contributed by atoms with van der Waals surface area (Å²) in [7, 11) is -3.62. The lowest BCUT2D eigenvalue weighted by Crippen LogP contribution is -2.51. The van der Waals surface area contributed by atoms with Crippen LogP contribution in [-0.4, -0.2) is 83.1 Å². The smallest absolute Gasteiger partial charge is 0.278 e. The number of aromatic nitrogens is 4. The Balaban J connectivity index is 1.25. The van der Waals surface area contributed by atoms with E-state index in [9.17, 15) is 12.8 Å². The lowest BCUT2D eigenvalue weighted by atomic mass is 10.1. The SMILES string of the molecule is O=S(=O)(c1ncn[nH]1)N1CCC(N2CCN(c3ccnc4cc(F)ccc34)CC2)C1. The molecule has 30 heavy (non-hydrogen) atoms. The van der Waals surface area contributed by atoms with Crippen molar-refractivity contribution in [3.05, 3.63) is 42.6 Å². The Morgan fingerprint density at radius 1 is 1.07 bits per heavy atom. The van der Waals surface area contributed by atoms with Crippen LogP contribution in [0.5, 0.6) is 0 Å². The van der Waals surface area contributed by atoms with Gasteiger partial charge in [0, 0.05) is 68.6 Å². The molecule has 1 aromatic carbocycles. The van der Waals surface area contributed by atoms with Crippen LogP contribution < -0.4 is 4.90 Å². The number of H-pyrrole nitrogens is 1. The molecule has 1 atom stereocenters. The number of hydrogen-bond acceptors (Lipinski definition) is 7. The number of pyridine rings is 1. The molecule has 0 aliphatic carbocycles. The number of fused-ring (bicyclic) bond motifs is 1. The monoisotopic (exact) mass is 431 g/mol. The summed E-state index contributed by atoms with van der Waals surface area (Å²) in [5, 5.41) is 6.94. The maximum Gasteiger partial charge on any atom is 0.278 e. The number of hydrogen-bond donors (Lipinski definition) is 1. The second-order valence-electron chi connectivity index (χ2n) is 7.61. The highest BCUT2D eigenvalue weighted by molar-refractivity contribution is 7.89. The van der Waals surface area contributed by atoms with Gasteiger partial charge in [-0.1, -0.05) is 0 Å². The minimum absolute atomic E-state index is 0.103. The van der Waals surface area contributed by atoms with Gasteiger partial charge in [0.15, 0.2) is 0 Å². The molecule has 1 unspecified atom stereocenters. The Morgan fingerprint density at radius 2 is 1.90 bits per heavy atom. The van der Waals surface area contributed by atoms with Crippen molar-refractivity contribution in [2.24, 2.45) is 0 Å². The number of anilines is 1. The van der Waals surface area contributed by atoms with E-state index in [0.29, 0.717) is 18.6 Å². The van der Waals surface area contributed by atoms with E-state index in [-0.39, 0.29) is 17.0 Å². The Labute approximate surface area is 173 Å². The predicted octanol–water partition coefficient (Wildman–Crippen LogP) is 1.08. The zero-order valence-electron chi connectivity index (χ0n) is 16.3. The topological polar surface area (TPSA) is 98.3 Å². The Hall–Kier alpha value is -2.63. The molecule has 0 saturated carbocycles. The maximum atomic E-state index is 13.5. The fraction of sp³-hybridized carbons (Fsp3) is 0.421. The molecule has 2 aliphatic heterocycles. The number of sulfonamides is 1. The molecular formula is C19H22FN7O2S. The summed E-state index contributed by atoms with van der Waals surface area (Å²) in [6, 6.07) is 6.86. The first kappa shape index (κ1) is 19.3. The lowest BCUT2D eigenvalue weighted by Gasteiger charge is -2.39. The molecule has 5 rings (SSSR count). The van der Waals surface area contributed by atoms with E-state index >= 15 is 0 Å². The first-order valence-corrected chi connectivity index (χ1v) is 11.4. The van der Waals surface area contributed by atoms with Gasteiger partial charge in [-0.15, -0.1) is 0 Å². The molecule has 2 fully saturated rings. The van der Waals surface area contributed by atoms with Crippen molar-refractivity contribution in [1.82, 2.24) is 29.4 Å². The predicted molar refractivity (Wildman–Crippen MR) is 109 cm³/mol. The fourth-order valence-electron chi connectivity index (χ4n) is 4.38. The van der Waals surface area contributed by atoms with Crippen LogP contribution >= 0.6 is 0 Å². The number of aromatic amines is 1. The summed E-state index contributed by atoms with van der Waals surface area (Å²) >= 11 is 0. The molecule has 3 aromatic rings. The number of nitrogens with one attached hydrogen (secondary N) is 1. The average Bonchev–Trinajstić information content (AvgIpc) is 3.46. The molecular weight excluding hydrogens is 409 g/mol. The van der Waals surface area contributed by atoms with Gasteiger partial charge in [-0.05, 0) is 24.6 Å². The molecule has 9 nitrogen and oxygen atoms in total. The number of piperazine rings is 1. The van der Waals surface area contributed by atoms with E-state index in [1.807, 2.05) is 6.07 Å². The van der Waals surface area contributed by atoms with E-state index < -0.39 is 10.0 Å². The van der Waals surface area contributed by atoms with Crippen molar-refractivity contribution in [3.63, 3.8) is 0 Å². The zero-order valence-corrected chi connectivity index (χ0v) is 17.1. The van der Waals surface area contributed by atoms with Crippen molar-refractivity contribution in [1.29, 1.82) is 0 Å². The van der Waals surface area contributed by atoms with Gasteiger partial charge in [-0.2, -0.15) is 9.40 Å². The van der Waals surface area contributed by atoms with Crippen molar-refractivity contribution < 1.29 is 12.8 Å². The number of halogens is 1. The van der Waals surface area contributed by atoms with Crippen LogP contribution in [0.4, 0.5) is 10.1 Å². The summed E-state index contributed by atoms with van der Waals surface area (Å²) < 4.78 is 40.3. The van der Waals surface area contributed by atoms with Gasteiger partial charge >= 0.3 is 0 Å². The van der Waals surface area contributed by atoms with Crippen molar-refractivity contribution in [2.75, 3.05) is 44.2 Å². The normalized spacial score (nSPS) is 21.5. The second kappa shape index (κ2) is 7.56. The average molecular weight is 431 g/mol. The molecule has 2 aliphatic rings. The number of benzene rings is 1. The van der Waals surface area contributed by atoms with Crippen molar-refractivity contribution in [3.8, 4) is 0 Å². The van der Waals surface area contributed by atoms with Gasteiger partial charge in [-0.3, -0.25) is 9.88 Å². The Kier molecular flexibility index (Phi) is 4.88. The Bertz CT molecular complexity index is 1150. The third-order valence-electron chi connectivity index (χ3n) is 5.96. The van der Waals surface area contributed by atoms with Gasteiger partial charge in [0.1, 0.15) is 12.1 Å². The van der Waals surface area contributed by atoms with Gasteiger partial charge in [-0.25, -0.2) is 22.9 Å². The molecule has 0 spiro atoms. The Morgan fingerprint density at radius 3 is 2.67 bits per heavy atom. The maximum absolute atomic E-state index is 13.5. The van der Waals surface area contributed by atoms with Crippen LogP contribution in [0.2, 0.25) is 0 Å². The highest BCUT2D eigenvalue weighted by Gasteiger charge is 2.37. The van der Waals surface area contributed by atoms with Gasteiger partial charge in [0.2, 0.25) is 0 Å². The first-order chi connectivity index (χ1) is 14.5.